The predicted octanol–water partition coefficient (Wildman–Crippen LogP) is 4.76. The highest BCUT2D eigenvalue weighted by molar-refractivity contribution is 7.92. The Morgan fingerprint density at radius 1 is 0.925 bits per heavy atom. The van der Waals surface area contributed by atoms with E-state index in [4.69, 9.17) is 32.7 Å². The van der Waals surface area contributed by atoms with Crippen molar-refractivity contribution in [3.63, 3.8) is 0 Å². The number of carbonyl (C=O) groups is 2. The topological polar surface area (TPSA) is 105 Å². The summed E-state index contributed by atoms with van der Waals surface area (Å²) in [6.07, 6.45) is 0. The van der Waals surface area contributed by atoms with Gasteiger partial charge >= 0.3 is 0 Å². The van der Waals surface area contributed by atoms with Crippen molar-refractivity contribution in [2.24, 2.45) is 0 Å². The second-order valence-electron chi connectivity index (χ2n) is 8.66. The van der Waals surface area contributed by atoms with Gasteiger partial charge in [0.2, 0.25) is 11.8 Å². The smallest absolute Gasteiger partial charge is 0.264 e. The first kappa shape index (κ1) is 31.1. The Labute approximate surface area is 244 Å². The molecule has 3 aromatic carbocycles. The van der Waals surface area contributed by atoms with E-state index in [0.717, 1.165) is 4.31 Å². The zero-order chi connectivity index (χ0) is 29.4. The number of halogens is 2. The lowest BCUT2D eigenvalue weighted by Gasteiger charge is -2.32. The molecule has 0 fully saturated rings. The number of anilines is 1. The predicted molar refractivity (Wildman–Crippen MR) is 156 cm³/mol. The molecule has 0 aliphatic heterocycles. The van der Waals surface area contributed by atoms with E-state index in [1.54, 1.807) is 56.3 Å². The molecule has 3 aromatic rings. The first-order chi connectivity index (χ1) is 19.0. The van der Waals surface area contributed by atoms with Gasteiger partial charge in [0.1, 0.15) is 12.6 Å². The van der Waals surface area contributed by atoms with Gasteiger partial charge in [-0.05, 0) is 50.2 Å². The van der Waals surface area contributed by atoms with Crippen molar-refractivity contribution in [3.8, 4) is 11.5 Å². The number of carbonyl (C=O) groups excluding carboxylic acids is 2. The molecule has 0 aliphatic rings. The van der Waals surface area contributed by atoms with E-state index in [1.165, 1.54) is 43.4 Å². The number of likely N-dealkylation sites (N-methyl/N-ethyl adjacent to an activating group) is 1. The summed E-state index contributed by atoms with van der Waals surface area (Å²) < 4.78 is 39.4. The number of rotatable bonds is 12. The minimum absolute atomic E-state index is 0.0185. The van der Waals surface area contributed by atoms with Crippen LogP contribution in [0.3, 0.4) is 0 Å². The summed E-state index contributed by atoms with van der Waals surface area (Å²) in [6.45, 7) is 2.91. The normalized spacial score (nSPS) is 11.8. The quantitative estimate of drug-likeness (QED) is 0.318. The first-order valence-electron chi connectivity index (χ1n) is 12.3. The molecule has 0 aliphatic carbocycles. The van der Waals surface area contributed by atoms with Gasteiger partial charge in [0.05, 0.1) is 24.8 Å². The van der Waals surface area contributed by atoms with Crippen molar-refractivity contribution in [1.29, 1.82) is 0 Å². The average molecular weight is 609 g/mol. The summed E-state index contributed by atoms with van der Waals surface area (Å²) in [5.41, 5.74) is 0.593. The van der Waals surface area contributed by atoms with Crippen molar-refractivity contribution < 1.29 is 27.5 Å². The van der Waals surface area contributed by atoms with Gasteiger partial charge in [-0.25, -0.2) is 8.42 Å². The van der Waals surface area contributed by atoms with Gasteiger partial charge in [0, 0.05) is 34.8 Å². The maximum atomic E-state index is 14.0. The van der Waals surface area contributed by atoms with Gasteiger partial charge in [-0.15, -0.1) is 0 Å². The number of nitrogens with one attached hydrogen (secondary N) is 1. The Bertz CT molecular complexity index is 1430. The average Bonchev–Trinajstić information content (AvgIpc) is 2.95. The van der Waals surface area contributed by atoms with Crippen LogP contribution in [0, 0.1) is 0 Å². The van der Waals surface area contributed by atoms with Crippen molar-refractivity contribution in [2.75, 3.05) is 31.6 Å². The molecule has 9 nitrogen and oxygen atoms in total. The molecular weight excluding hydrogens is 577 g/mol. The van der Waals surface area contributed by atoms with Crippen LogP contribution in [0.4, 0.5) is 5.69 Å². The molecule has 2 amide bonds. The second kappa shape index (κ2) is 13.7. The number of sulfonamides is 1. The van der Waals surface area contributed by atoms with Crippen molar-refractivity contribution in [3.05, 3.63) is 82.3 Å². The van der Waals surface area contributed by atoms with Gasteiger partial charge in [0.25, 0.3) is 10.0 Å². The molecule has 1 N–H and O–H groups in total. The van der Waals surface area contributed by atoms with E-state index in [9.17, 15) is 18.0 Å². The number of nitrogens with zero attached hydrogens (tertiary/aromatic N) is 2. The molecule has 0 unspecified atom stereocenters. The molecule has 3 rings (SSSR count). The number of hydrogen-bond acceptors (Lipinski definition) is 6. The van der Waals surface area contributed by atoms with Gasteiger partial charge in [0.15, 0.2) is 11.5 Å². The third-order valence-corrected chi connectivity index (χ3v) is 8.67. The van der Waals surface area contributed by atoms with Crippen LogP contribution < -0.4 is 19.1 Å². The third-order valence-electron chi connectivity index (χ3n) is 6.17. The summed E-state index contributed by atoms with van der Waals surface area (Å²) in [7, 11) is -1.35. The zero-order valence-electron chi connectivity index (χ0n) is 22.6. The van der Waals surface area contributed by atoms with Crippen LogP contribution in [0.2, 0.25) is 10.0 Å². The number of hydrogen-bond donors (Lipinski definition) is 1. The number of benzene rings is 3. The molecule has 0 saturated heterocycles. The van der Waals surface area contributed by atoms with Crippen LogP contribution in [0.15, 0.2) is 71.6 Å². The summed E-state index contributed by atoms with van der Waals surface area (Å²) in [6, 6.07) is 16.2. The van der Waals surface area contributed by atoms with E-state index in [2.05, 4.69) is 5.32 Å². The molecule has 1 atom stereocenters. The third kappa shape index (κ3) is 6.99. The van der Waals surface area contributed by atoms with Crippen molar-refractivity contribution >= 4 is 50.7 Å². The van der Waals surface area contributed by atoms with Crippen LogP contribution in [-0.4, -0.2) is 58.5 Å². The maximum absolute atomic E-state index is 14.0. The van der Waals surface area contributed by atoms with E-state index < -0.39 is 34.4 Å². The van der Waals surface area contributed by atoms with Gasteiger partial charge in [-0.2, -0.15) is 0 Å². The Kier molecular flexibility index (Phi) is 10.7. The Hall–Kier alpha value is -3.47. The number of methoxy groups -OCH3 is 2. The lowest BCUT2D eigenvalue weighted by atomic mass is 10.1. The minimum atomic E-state index is -4.24. The SMILES string of the molecule is CCNC(=O)[C@H](C)N(Cc1c(Cl)cccc1Cl)C(=O)CN(c1ccc(OC)c(OC)c1)S(=O)(=O)c1ccccc1. The molecule has 0 aromatic heterocycles. The van der Waals surface area contributed by atoms with Crippen LogP contribution in [0.25, 0.3) is 0 Å². The fraction of sp³-hybridized carbons (Fsp3) is 0.286. The lowest BCUT2D eigenvalue weighted by Crippen LogP contribution is -2.51. The number of amides is 2. The fourth-order valence-corrected chi connectivity index (χ4v) is 5.93. The Morgan fingerprint density at radius 3 is 2.12 bits per heavy atom. The fourth-order valence-electron chi connectivity index (χ4n) is 3.99. The standard InChI is InChI=1S/C28H31Cl2N3O6S/c1-5-31-28(35)19(2)32(17-22-23(29)12-9-13-24(22)30)27(34)18-33(40(36,37)21-10-7-6-8-11-21)20-14-15-25(38-3)26(16-20)39-4/h6-16,19H,5,17-18H2,1-4H3,(H,31,35)/t19-/m0/s1. The summed E-state index contributed by atoms with van der Waals surface area (Å²) in [4.78, 5) is 28.0. The zero-order valence-corrected chi connectivity index (χ0v) is 24.9. The Balaban J connectivity index is 2.11. The van der Waals surface area contributed by atoms with Gasteiger partial charge in [-0.3, -0.25) is 13.9 Å². The number of ether oxygens (including phenoxy) is 2. The molecule has 0 heterocycles. The largest absolute Gasteiger partial charge is 0.493 e. The van der Waals surface area contributed by atoms with Crippen LogP contribution in [0.1, 0.15) is 19.4 Å². The molecule has 214 valence electrons. The highest BCUT2D eigenvalue weighted by Crippen LogP contribution is 2.34. The molecule has 12 heteroatoms. The van der Waals surface area contributed by atoms with E-state index >= 15 is 0 Å². The highest BCUT2D eigenvalue weighted by atomic mass is 35.5. The summed E-state index contributed by atoms with van der Waals surface area (Å²) in [5.74, 6) is -0.405. The van der Waals surface area contributed by atoms with E-state index in [-0.39, 0.29) is 22.9 Å². The van der Waals surface area contributed by atoms with Gasteiger partial charge in [-0.1, -0.05) is 47.5 Å². The van der Waals surface area contributed by atoms with Crippen molar-refractivity contribution in [2.45, 2.75) is 31.3 Å². The second-order valence-corrected chi connectivity index (χ2v) is 11.3. The van der Waals surface area contributed by atoms with Gasteiger partial charge < -0.3 is 19.7 Å². The molecule has 0 radical (unpaired) electrons. The monoisotopic (exact) mass is 607 g/mol. The summed E-state index contributed by atoms with van der Waals surface area (Å²) in [5, 5.41) is 3.32. The van der Waals surface area contributed by atoms with Crippen LogP contribution in [0.5, 0.6) is 11.5 Å². The molecule has 0 bridgehead atoms. The first-order valence-corrected chi connectivity index (χ1v) is 14.5. The maximum Gasteiger partial charge on any atom is 0.264 e. The lowest BCUT2D eigenvalue weighted by molar-refractivity contribution is -0.139. The summed E-state index contributed by atoms with van der Waals surface area (Å²) >= 11 is 12.8. The molecule has 0 saturated carbocycles. The molecule has 40 heavy (non-hydrogen) atoms. The Morgan fingerprint density at radius 2 is 1.55 bits per heavy atom. The van der Waals surface area contributed by atoms with Crippen molar-refractivity contribution in [1.82, 2.24) is 10.2 Å². The van der Waals surface area contributed by atoms with E-state index in [0.29, 0.717) is 27.9 Å². The van der Waals surface area contributed by atoms with E-state index in [1.807, 2.05) is 0 Å². The molecular formula is C28H31Cl2N3O6S. The highest BCUT2D eigenvalue weighted by Gasteiger charge is 2.33. The minimum Gasteiger partial charge on any atom is -0.493 e. The van der Waals surface area contributed by atoms with Crippen LogP contribution >= 0.6 is 23.2 Å². The van der Waals surface area contributed by atoms with Crippen LogP contribution in [-0.2, 0) is 26.2 Å². The molecule has 0 spiro atoms.